The summed E-state index contributed by atoms with van der Waals surface area (Å²) in [4.78, 5) is 0. The molecule has 0 rings (SSSR count). The molecule has 2 N–H and O–H groups in total. The fraction of sp³-hybridized carbons (Fsp3) is 1.00. The standard InChI is InChI=1S/C5H13NO2S2/c1-5(2)9-3-4-10(6,7)8/h5H,3-4H2,1-2H3,(H2,6,7,8). The minimum atomic E-state index is -3.24. The lowest BCUT2D eigenvalue weighted by Crippen LogP contribution is -2.18. The third kappa shape index (κ3) is 8.26. The number of thioether (sulfide) groups is 1. The second-order valence-electron chi connectivity index (χ2n) is 2.29. The van der Waals surface area contributed by atoms with E-state index in [1.807, 2.05) is 13.8 Å². The van der Waals surface area contributed by atoms with Crippen molar-refractivity contribution < 1.29 is 8.42 Å². The highest BCUT2D eigenvalue weighted by Gasteiger charge is 2.02. The maximum absolute atomic E-state index is 10.4. The lowest BCUT2D eigenvalue weighted by atomic mass is 10.6. The summed E-state index contributed by atoms with van der Waals surface area (Å²) in [5, 5.41) is 5.25. The molecule has 0 aromatic rings. The van der Waals surface area contributed by atoms with E-state index in [1.54, 1.807) is 11.8 Å². The second-order valence-corrected chi connectivity index (χ2v) is 5.70. The number of rotatable bonds is 4. The van der Waals surface area contributed by atoms with Crippen LogP contribution in [0.1, 0.15) is 13.8 Å². The summed E-state index contributed by atoms with van der Waals surface area (Å²) in [5.74, 6) is 0.673. The summed E-state index contributed by atoms with van der Waals surface area (Å²) in [6, 6.07) is 0. The number of hydrogen-bond acceptors (Lipinski definition) is 3. The lowest BCUT2D eigenvalue weighted by Gasteiger charge is -2.01. The average molecular weight is 183 g/mol. The largest absolute Gasteiger partial charge is 0.229 e. The maximum Gasteiger partial charge on any atom is 0.209 e. The molecule has 0 heterocycles. The van der Waals surface area contributed by atoms with Gasteiger partial charge in [-0.05, 0) is 5.25 Å². The van der Waals surface area contributed by atoms with Crippen LogP contribution in [0.4, 0.5) is 0 Å². The quantitative estimate of drug-likeness (QED) is 0.687. The summed E-state index contributed by atoms with van der Waals surface area (Å²) in [6.45, 7) is 4.04. The molecule has 0 saturated heterocycles. The summed E-state index contributed by atoms with van der Waals surface area (Å²) in [6.07, 6.45) is 0. The van der Waals surface area contributed by atoms with Gasteiger partial charge in [0, 0.05) is 5.75 Å². The van der Waals surface area contributed by atoms with Crippen molar-refractivity contribution in [3.8, 4) is 0 Å². The SMILES string of the molecule is CC(C)SCCS(N)(=O)=O. The Balaban J connectivity index is 3.39. The molecule has 0 spiro atoms. The minimum absolute atomic E-state index is 0.0792. The molecule has 5 heteroatoms. The third-order valence-electron chi connectivity index (χ3n) is 0.819. The van der Waals surface area contributed by atoms with Crippen LogP contribution in [0.3, 0.4) is 0 Å². The van der Waals surface area contributed by atoms with Crippen LogP contribution in [-0.2, 0) is 10.0 Å². The van der Waals surface area contributed by atoms with E-state index >= 15 is 0 Å². The van der Waals surface area contributed by atoms with Crippen molar-refractivity contribution in [1.82, 2.24) is 0 Å². The molecular formula is C5H13NO2S2. The van der Waals surface area contributed by atoms with Gasteiger partial charge >= 0.3 is 0 Å². The molecular weight excluding hydrogens is 170 g/mol. The third-order valence-corrected chi connectivity index (χ3v) is 2.96. The Morgan fingerprint density at radius 3 is 2.30 bits per heavy atom. The molecule has 0 aliphatic rings. The van der Waals surface area contributed by atoms with E-state index in [9.17, 15) is 8.42 Å². The van der Waals surface area contributed by atoms with Gasteiger partial charge in [0.25, 0.3) is 0 Å². The first-order chi connectivity index (χ1) is 4.42. The van der Waals surface area contributed by atoms with Gasteiger partial charge < -0.3 is 0 Å². The van der Waals surface area contributed by atoms with Gasteiger partial charge in [-0.25, -0.2) is 13.6 Å². The van der Waals surface area contributed by atoms with Gasteiger partial charge in [0.2, 0.25) is 10.0 Å². The molecule has 0 unspecified atom stereocenters. The Bertz CT molecular complexity index is 174. The molecule has 0 amide bonds. The van der Waals surface area contributed by atoms with Gasteiger partial charge in [-0.1, -0.05) is 13.8 Å². The van der Waals surface area contributed by atoms with Crippen LogP contribution in [0.5, 0.6) is 0 Å². The first-order valence-electron chi connectivity index (χ1n) is 3.04. The Labute approximate surface area is 66.4 Å². The molecule has 3 nitrogen and oxygen atoms in total. The molecule has 0 aromatic heterocycles. The molecule has 0 aliphatic carbocycles. The van der Waals surface area contributed by atoms with Crippen molar-refractivity contribution in [2.24, 2.45) is 5.14 Å². The molecule has 62 valence electrons. The average Bonchev–Trinajstić information content (AvgIpc) is 1.59. The first kappa shape index (κ1) is 10.3. The van der Waals surface area contributed by atoms with E-state index < -0.39 is 10.0 Å². The van der Waals surface area contributed by atoms with Crippen molar-refractivity contribution in [1.29, 1.82) is 0 Å². The summed E-state index contributed by atoms with van der Waals surface area (Å²) >= 11 is 1.60. The van der Waals surface area contributed by atoms with Gasteiger partial charge in [0.1, 0.15) is 0 Å². The van der Waals surface area contributed by atoms with E-state index in [4.69, 9.17) is 5.14 Å². The zero-order valence-corrected chi connectivity index (χ0v) is 7.83. The predicted molar refractivity (Wildman–Crippen MR) is 45.6 cm³/mol. The van der Waals surface area contributed by atoms with Gasteiger partial charge in [0.15, 0.2) is 0 Å². The normalized spacial score (nSPS) is 12.4. The van der Waals surface area contributed by atoms with Crippen molar-refractivity contribution >= 4 is 21.8 Å². The minimum Gasteiger partial charge on any atom is -0.229 e. The molecule has 0 fully saturated rings. The molecule has 0 aliphatic heterocycles. The van der Waals surface area contributed by atoms with E-state index in [-0.39, 0.29) is 5.75 Å². The van der Waals surface area contributed by atoms with Crippen LogP contribution in [0, 0.1) is 0 Å². The highest BCUT2D eigenvalue weighted by molar-refractivity contribution is 8.00. The van der Waals surface area contributed by atoms with Crippen LogP contribution in [0.15, 0.2) is 0 Å². The van der Waals surface area contributed by atoms with E-state index in [2.05, 4.69) is 0 Å². The molecule has 0 aromatic carbocycles. The number of nitrogens with two attached hydrogens (primary N) is 1. The Hall–Kier alpha value is 0.260. The highest BCUT2D eigenvalue weighted by atomic mass is 32.2. The maximum atomic E-state index is 10.4. The van der Waals surface area contributed by atoms with E-state index in [0.29, 0.717) is 11.0 Å². The van der Waals surface area contributed by atoms with Crippen molar-refractivity contribution in [2.45, 2.75) is 19.1 Å². The van der Waals surface area contributed by atoms with Crippen molar-refractivity contribution in [2.75, 3.05) is 11.5 Å². The number of hydrogen-bond donors (Lipinski definition) is 1. The van der Waals surface area contributed by atoms with Crippen LogP contribution < -0.4 is 5.14 Å². The van der Waals surface area contributed by atoms with E-state index in [1.165, 1.54) is 0 Å². The molecule has 0 bridgehead atoms. The first-order valence-corrected chi connectivity index (χ1v) is 5.80. The van der Waals surface area contributed by atoms with Gasteiger partial charge in [-0.3, -0.25) is 0 Å². The predicted octanol–water partition coefficient (Wildman–Crippen LogP) is 0.417. The second kappa shape index (κ2) is 4.20. The van der Waals surface area contributed by atoms with Gasteiger partial charge in [0.05, 0.1) is 5.75 Å². The fourth-order valence-corrected chi connectivity index (χ4v) is 2.19. The Morgan fingerprint density at radius 1 is 1.50 bits per heavy atom. The van der Waals surface area contributed by atoms with E-state index in [0.717, 1.165) is 0 Å². The monoisotopic (exact) mass is 183 g/mol. The Morgan fingerprint density at radius 2 is 2.00 bits per heavy atom. The van der Waals surface area contributed by atoms with Crippen LogP contribution >= 0.6 is 11.8 Å². The smallest absolute Gasteiger partial charge is 0.209 e. The van der Waals surface area contributed by atoms with Crippen LogP contribution in [0.25, 0.3) is 0 Å². The summed E-state index contributed by atoms with van der Waals surface area (Å²) in [7, 11) is -3.24. The molecule has 0 radical (unpaired) electrons. The lowest BCUT2D eigenvalue weighted by molar-refractivity contribution is 0.599. The summed E-state index contributed by atoms with van der Waals surface area (Å²) < 4.78 is 20.8. The van der Waals surface area contributed by atoms with Gasteiger partial charge in [-0.15, -0.1) is 0 Å². The van der Waals surface area contributed by atoms with Crippen molar-refractivity contribution in [3.05, 3.63) is 0 Å². The van der Waals surface area contributed by atoms with Crippen LogP contribution in [-0.4, -0.2) is 25.2 Å². The van der Waals surface area contributed by atoms with Crippen LogP contribution in [0.2, 0.25) is 0 Å². The number of sulfonamides is 1. The summed E-state index contributed by atoms with van der Waals surface area (Å²) in [5.41, 5.74) is 0. The topological polar surface area (TPSA) is 60.2 Å². The van der Waals surface area contributed by atoms with Gasteiger partial charge in [-0.2, -0.15) is 11.8 Å². The highest BCUT2D eigenvalue weighted by Crippen LogP contribution is 2.08. The fourth-order valence-electron chi connectivity index (χ4n) is 0.400. The van der Waals surface area contributed by atoms with Crippen molar-refractivity contribution in [3.63, 3.8) is 0 Å². The molecule has 10 heavy (non-hydrogen) atoms. The molecule has 0 saturated carbocycles. The molecule has 0 atom stereocenters. The zero-order valence-electron chi connectivity index (χ0n) is 6.20. The zero-order chi connectivity index (χ0) is 8.20. The number of primary sulfonamides is 1. The Kier molecular flexibility index (Phi) is 4.31.